The van der Waals surface area contributed by atoms with Crippen molar-refractivity contribution in [3.8, 4) is 0 Å². The molecule has 1 fully saturated rings. The number of morpholine rings is 1. The van der Waals surface area contributed by atoms with Gasteiger partial charge in [-0.3, -0.25) is 0 Å². The minimum atomic E-state index is -0.0857. The Labute approximate surface area is 146 Å². The Bertz CT molecular complexity index is 643. The van der Waals surface area contributed by atoms with Gasteiger partial charge < -0.3 is 19.7 Å². The van der Waals surface area contributed by atoms with E-state index in [0.717, 1.165) is 16.1 Å². The number of thiophene rings is 1. The smallest absolute Gasteiger partial charge is 0.322 e. The first-order valence-corrected chi connectivity index (χ1v) is 9.02. The fourth-order valence-corrected chi connectivity index (χ4v) is 3.35. The number of urea groups is 1. The van der Waals surface area contributed by atoms with Gasteiger partial charge in [0.15, 0.2) is 0 Å². The standard InChI is InChI=1S/C18H22N2O3S/c1-2-22-13-14-5-7-15(8-6-14)19-18(21)20-9-10-23-16(12-20)17-4-3-11-24-17/h3-8,11,16H,2,9-10,12-13H2,1H3,(H,19,21)/t16-/m0/s1. The fourth-order valence-electron chi connectivity index (χ4n) is 2.59. The molecular weight excluding hydrogens is 324 g/mol. The van der Waals surface area contributed by atoms with Gasteiger partial charge in [0.2, 0.25) is 0 Å². The minimum absolute atomic E-state index is 0.0296. The Morgan fingerprint density at radius 1 is 1.38 bits per heavy atom. The fraction of sp³-hybridized carbons (Fsp3) is 0.389. The molecule has 2 aromatic rings. The molecule has 1 aromatic carbocycles. The molecule has 1 aliphatic heterocycles. The van der Waals surface area contributed by atoms with Gasteiger partial charge >= 0.3 is 6.03 Å². The number of nitrogens with one attached hydrogen (secondary N) is 1. The Kier molecular flexibility index (Phi) is 5.85. The van der Waals surface area contributed by atoms with Crippen LogP contribution in [0.25, 0.3) is 0 Å². The summed E-state index contributed by atoms with van der Waals surface area (Å²) in [5.41, 5.74) is 1.89. The number of amides is 2. The molecule has 2 heterocycles. The van der Waals surface area contributed by atoms with Crippen molar-refractivity contribution in [3.63, 3.8) is 0 Å². The summed E-state index contributed by atoms with van der Waals surface area (Å²) in [5.74, 6) is 0. The molecule has 6 heteroatoms. The van der Waals surface area contributed by atoms with Crippen LogP contribution in [0, 0.1) is 0 Å². The highest BCUT2D eigenvalue weighted by Crippen LogP contribution is 2.26. The van der Waals surface area contributed by atoms with Crippen LogP contribution in [0.4, 0.5) is 10.5 Å². The molecule has 1 N–H and O–H groups in total. The Balaban J connectivity index is 1.56. The van der Waals surface area contributed by atoms with Gasteiger partial charge in [-0.25, -0.2) is 4.79 Å². The summed E-state index contributed by atoms with van der Waals surface area (Å²) < 4.78 is 11.2. The maximum atomic E-state index is 12.5. The number of carbonyl (C=O) groups excluding carboxylic acids is 1. The number of rotatable bonds is 5. The number of nitrogens with zero attached hydrogens (tertiary/aromatic N) is 1. The minimum Gasteiger partial charge on any atom is -0.377 e. The summed E-state index contributed by atoms with van der Waals surface area (Å²) >= 11 is 1.66. The zero-order chi connectivity index (χ0) is 16.8. The van der Waals surface area contributed by atoms with Crippen LogP contribution in [0.1, 0.15) is 23.5 Å². The maximum absolute atomic E-state index is 12.5. The summed E-state index contributed by atoms with van der Waals surface area (Å²) in [5, 5.41) is 4.98. The van der Waals surface area contributed by atoms with Crippen molar-refractivity contribution in [1.82, 2.24) is 4.90 Å². The van der Waals surface area contributed by atoms with Crippen molar-refractivity contribution in [2.24, 2.45) is 0 Å². The third-order valence-corrected chi connectivity index (χ3v) is 4.86. The SMILES string of the molecule is CCOCc1ccc(NC(=O)N2CCO[C@H](c3cccs3)C2)cc1. The lowest BCUT2D eigenvalue weighted by Crippen LogP contribution is -2.44. The first-order valence-electron chi connectivity index (χ1n) is 8.14. The third-order valence-electron chi connectivity index (χ3n) is 3.89. The van der Waals surface area contributed by atoms with Gasteiger partial charge in [0, 0.05) is 23.7 Å². The van der Waals surface area contributed by atoms with Crippen molar-refractivity contribution >= 4 is 23.1 Å². The molecule has 1 saturated heterocycles. The largest absolute Gasteiger partial charge is 0.377 e. The summed E-state index contributed by atoms with van der Waals surface area (Å²) in [6.07, 6.45) is -0.0296. The predicted octanol–water partition coefficient (Wildman–Crippen LogP) is 3.89. The second kappa shape index (κ2) is 8.28. The van der Waals surface area contributed by atoms with E-state index in [4.69, 9.17) is 9.47 Å². The van der Waals surface area contributed by atoms with Crippen molar-refractivity contribution in [2.75, 3.05) is 31.6 Å². The molecule has 1 aromatic heterocycles. The Hall–Kier alpha value is -1.89. The van der Waals surface area contributed by atoms with Crippen molar-refractivity contribution in [1.29, 1.82) is 0 Å². The Morgan fingerprint density at radius 2 is 2.21 bits per heavy atom. The molecule has 0 unspecified atom stereocenters. The van der Waals surface area contributed by atoms with Crippen LogP contribution < -0.4 is 5.32 Å². The van der Waals surface area contributed by atoms with E-state index in [0.29, 0.717) is 32.9 Å². The van der Waals surface area contributed by atoms with E-state index in [1.165, 1.54) is 0 Å². The highest BCUT2D eigenvalue weighted by atomic mass is 32.1. The first kappa shape index (κ1) is 17.0. The van der Waals surface area contributed by atoms with Gasteiger partial charge in [-0.05, 0) is 36.1 Å². The van der Waals surface area contributed by atoms with E-state index in [2.05, 4.69) is 5.32 Å². The van der Waals surface area contributed by atoms with Crippen LogP contribution in [0.15, 0.2) is 41.8 Å². The molecule has 24 heavy (non-hydrogen) atoms. The van der Waals surface area contributed by atoms with Gasteiger partial charge in [0.1, 0.15) is 6.10 Å². The topological polar surface area (TPSA) is 50.8 Å². The van der Waals surface area contributed by atoms with Gasteiger partial charge in [0.25, 0.3) is 0 Å². The highest BCUT2D eigenvalue weighted by molar-refractivity contribution is 7.10. The summed E-state index contributed by atoms with van der Waals surface area (Å²) in [6, 6.07) is 11.7. The highest BCUT2D eigenvalue weighted by Gasteiger charge is 2.26. The predicted molar refractivity (Wildman–Crippen MR) is 95.4 cm³/mol. The van der Waals surface area contributed by atoms with Crippen molar-refractivity contribution in [3.05, 3.63) is 52.2 Å². The number of hydrogen-bond acceptors (Lipinski definition) is 4. The van der Waals surface area contributed by atoms with E-state index in [9.17, 15) is 4.79 Å². The lowest BCUT2D eigenvalue weighted by Gasteiger charge is -2.32. The number of carbonyl (C=O) groups is 1. The maximum Gasteiger partial charge on any atom is 0.322 e. The van der Waals surface area contributed by atoms with Crippen molar-refractivity contribution in [2.45, 2.75) is 19.6 Å². The molecule has 0 bridgehead atoms. The molecule has 1 aliphatic rings. The van der Waals surface area contributed by atoms with E-state index in [1.54, 1.807) is 11.3 Å². The first-order chi connectivity index (χ1) is 11.8. The van der Waals surface area contributed by atoms with Crippen LogP contribution in [-0.4, -0.2) is 37.2 Å². The second-order valence-electron chi connectivity index (χ2n) is 5.59. The lowest BCUT2D eigenvalue weighted by atomic mass is 10.2. The molecule has 0 aliphatic carbocycles. The normalized spacial score (nSPS) is 17.7. The quantitative estimate of drug-likeness (QED) is 0.893. The Morgan fingerprint density at radius 3 is 2.92 bits per heavy atom. The second-order valence-corrected chi connectivity index (χ2v) is 6.56. The van der Waals surface area contributed by atoms with Crippen LogP contribution >= 0.6 is 11.3 Å². The molecule has 0 saturated carbocycles. The lowest BCUT2D eigenvalue weighted by molar-refractivity contribution is -0.0115. The average molecular weight is 346 g/mol. The van der Waals surface area contributed by atoms with E-state index >= 15 is 0 Å². The monoisotopic (exact) mass is 346 g/mol. The number of benzene rings is 1. The summed E-state index contributed by atoms with van der Waals surface area (Å²) in [4.78, 5) is 15.4. The zero-order valence-electron chi connectivity index (χ0n) is 13.7. The molecule has 5 nitrogen and oxygen atoms in total. The number of anilines is 1. The molecular formula is C18H22N2O3S. The van der Waals surface area contributed by atoms with E-state index < -0.39 is 0 Å². The van der Waals surface area contributed by atoms with Gasteiger partial charge in [-0.2, -0.15) is 0 Å². The van der Waals surface area contributed by atoms with Crippen LogP contribution in [-0.2, 0) is 16.1 Å². The van der Waals surface area contributed by atoms with E-state index in [-0.39, 0.29) is 12.1 Å². The summed E-state index contributed by atoms with van der Waals surface area (Å²) in [6.45, 7) is 5.01. The van der Waals surface area contributed by atoms with Crippen LogP contribution in [0.3, 0.4) is 0 Å². The average Bonchev–Trinajstić information content (AvgIpc) is 3.16. The molecule has 3 rings (SSSR count). The van der Waals surface area contributed by atoms with Gasteiger partial charge in [-0.1, -0.05) is 18.2 Å². The van der Waals surface area contributed by atoms with E-state index in [1.807, 2.05) is 53.6 Å². The molecule has 1 atom stereocenters. The van der Waals surface area contributed by atoms with Crippen LogP contribution in [0.5, 0.6) is 0 Å². The zero-order valence-corrected chi connectivity index (χ0v) is 14.6. The third kappa shape index (κ3) is 4.35. The van der Waals surface area contributed by atoms with Crippen LogP contribution in [0.2, 0.25) is 0 Å². The summed E-state index contributed by atoms with van der Waals surface area (Å²) in [7, 11) is 0. The van der Waals surface area contributed by atoms with Crippen molar-refractivity contribution < 1.29 is 14.3 Å². The number of hydrogen-bond donors (Lipinski definition) is 1. The number of ether oxygens (including phenoxy) is 2. The van der Waals surface area contributed by atoms with Gasteiger partial charge in [-0.15, -0.1) is 11.3 Å². The molecule has 2 amide bonds. The molecule has 128 valence electrons. The van der Waals surface area contributed by atoms with Gasteiger partial charge in [0.05, 0.1) is 19.8 Å². The molecule has 0 radical (unpaired) electrons. The molecule has 0 spiro atoms.